The summed E-state index contributed by atoms with van der Waals surface area (Å²) in [6.45, 7) is 6.46. The second-order valence-corrected chi connectivity index (χ2v) is 7.04. The zero-order chi connectivity index (χ0) is 20.4. The third-order valence-corrected chi connectivity index (χ3v) is 4.62. The van der Waals surface area contributed by atoms with Gasteiger partial charge in [-0.05, 0) is 57.0 Å². The van der Waals surface area contributed by atoms with E-state index in [1.807, 2.05) is 6.92 Å². The Balaban J connectivity index is 1.98. The van der Waals surface area contributed by atoms with Crippen LogP contribution in [0.4, 0.5) is 8.78 Å². The lowest BCUT2D eigenvalue weighted by Crippen LogP contribution is -2.41. The van der Waals surface area contributed by atoms with Gasteiger partial charge in [-0.25, -0.2) is 4.99 Å². The molecule has 158 valence electrons. The van der Waals surface area contributed by atoms with E-state index in [2.05, 4.69) is 32.2 Å². The highest BCUT2D eigenvalue weighted by atomic mass is 19.3. The Bertz CT molecular complexity index is 622. The molecule has 28 heavy (non-hydrogen) atoms. The van der Waals surface area contributed by atoms with Crippen LogP contribution in [-0.2, 0) is 6.54 Å². The predicted molar refractivity (Wildman–Crippen MR) is 107 cm³/mol. The summed E-state index contributed by atoms with van der Waals surface area (Å²) in [7, 11) is 1.53. The van der Waals surface area contributed by atoms with Crippen LogP contribution in [-0.4, -0.2) is 57.3 Å². The van der Waals surface area contributed by atoms with Crippen molar-refractivity contribution in [3.63, 3.8) is 0 Å². The molecule has 8 heteroatoms. The summed E-state index contributed by atoms with van der Waals surface area (Å²) >= 11 is 0. The molecule has 0 aromatic heterocycles. The predicted octanol–water partition coefficient (Wildman–Crippen LogP) is 3.08. The average Bonchev–Trinajstić information content (AvgIpc) is 3.17. The first kappa shape index (κ1) is 22.2. The molecule has 1 saturated heterocycles. The molecule has 0 saturated carbocycles. The number of hydrogen-bond acceptors (Lipinski definition) is 4. The van der Waals surface area contributed by atoms with Crippen LogP contribution in [0, 0.1) is 5.92 Å². The number of halogens is 2. The van der Waals surface area contributed by atoms with Crippen LogP contribution in [0.5, 0.6) is 11.5 Å². The van der Waals surface area contributed by atoms with Gasteiger partial charge < -0.3 is 25.0 Å². The van der Waals surface area contributed by atoms with Crippen LogP contribution in [0.3, 0.4) is 0 Å². The Morgan fingerprint density at radius 3 is 2.64 bits per heavy atom. The Hall–Kier alpha value is -2.09. The normalized spacial score (nSPS) is 16.3. The van der Waals surface area contributed by atoms with Gasteiger partial charge in [0.25, 0.3) is 0 Å². The second kappa shape index (κ2) is 11.7. The second-order valence-electron chi connectivity index (χ2n) is 7.04. The minimum absolute atomic E-state index is 0.109. The molecule has 0 aliphatic carbocycles. The highest BCUT2D eigenvalue weighted by Gasteiger charge is 2.15. The SMILES string of the molecule is CCNC(=NCc1cc(OC)ccc1OC(F)F)NCC(C)CN1CCCC1. The number of ether oxygens (including phenoxy) is 2. The molecule has 1 aromatic rings. The third-order valence-electron chi connectivity index (χ3n) is 4.62. The van der Waals surface area contributed by atoms with E-state index >= 15 is 0 Å². The molecule has 1 aromatic carbocycles. The van der Waals surface area contributed by atoms with E-state index in [1.54, 1.807) is 12.1 Å². The van der Waals surface area contributed by atoms with E-state index in [9.17, 15) is 8.78 Å². The van der Waals surface area contributed by atoms with Crippen LogP contribution >= 0.6 is 0 Å². The van der Waals surface area contributed by atoms with Crippen LogP contribution in [0.15, 0.2) is 23.2 Å². The molecular weight excluding hydrogens is 366 g/mol. The van der Waals surface area contributed by atoms with Gasteiger partial charge in [0, 0.05) is 25.2 Å². The Labute approximate surface area is 166 Å². The number of methoxy groups -OCH3 is 1. The number of rotatable bonds is 10. The molecule has 1 heterocycles. The monoisotopic (exact) mass is 398 g/mol. The van der Waals surface area contributed by atoms with Crippen LogP contribution in [0.2, 0.25) is 0 Å². The number of nitrogens with zero attached hydrogens (tertiary/aromatic N) is 2. The molecule has 1 aliphatic heterocycles. The van der Waals surface area contributed by atoms with Gasteiger partial charge in [-0.3, -0.25) is 0 Å². The molecule has 6 nitrogen and oxygen atoms in total. The standard InChI is InChI=1S/C20H32F2N4O2/c1-4-23-20(24-12-15(2)14-26-9-5-6-10-26)25-13-16-11-17(27-3)7-8-18(16)28-19(21)22/h7-8,11,15,19H,4-6,9-10,12-14H2,1-3H3,(H2,23,24,25). The zero-order valence-corrected chi connectivity index (χ0v) is 17.0. The maximum absolute atomic E-state index is 12.7. The lowest BCUT2D eigenvalue weighted by molar-refractivity contribution is -0.0504. The summed E-state index contributed by atoms with van der Waals surface area (Å²) in [5, 5.41) is 6.54. The molecule has 1 unspecified atom stereocenters. The lowest BCUT2D eigenvalue weighted by atomic mass is 10.1. The fourth-order valence-corrected chi connectivity index (χ4v) is 3.26. The van der Waals surface area contributed by atoms with Crippen molar-refractivity contribution in [2.24, 2.45) is 10.9 Å². The molecule has 0 spiro atoms. The van der Waals surface area contributed by atoms with Gasteiger partial charge >= 0.3 is 6.61 Å². The first-order chi connectivity index (χ1) is 13.5. The molecule has 1 fully saturated rings. The van der Waals surface area contributed by atoms with Crippen LogP contribution in [0.1, 0.15) is 32.3 Å². The van der Waals surface area contributed by atoms with E-state index < -0.39 is 6.61 Å². The smallest absolute Gasteiger partial charge is 0.387 e. The van der Waals surface area contributed by atoms with E-state index in [0.717, 1.165) is 13.1 Å². The molecule has 1 aliphatic rings. The lowest BCUT2D eigenvalue weighted by Gasteiger charge is -2.21. The van der Waals surface area contributed by atoms with Gasteiger partial charge in [0.2, 0.25) is 0 Å². The van der Waals surface area contributed by atoms with Gasteiger partial charge in [-0.15, -0.1) is 0 Å². The van der Waals surface area contributed by atoms with E-state index in [0.29, 0.717) is 29.7 Å². The first-order valence-electron chi connectivity index (χ1n) is 9.88. The molecule has 1 atom stereocenters. The molecular formula is C20H32F2N4O2. The molecule has 0 amide bonds. The van der Waals surface area contributed by atoms with Gasteiger partial charge in [0.05, 0.1) is 13.7 Å². The number of benzene rings is 1. The van der Waals surface area contributed by atoms with Crippen molar-refractivity contribution in [3.05, 3.63) is 23.8 Å². The summed E-state index contributed by atoms with van der Waals surface area (Å²) in [5.74, 6) is 1.82. The number of nitrogens with one attached hydrogen (secondary N) is 2. The Morgan fingerprint density at radius 2 is 2.00 bits per heavy atom. The average molecular weight is 398 g/mol. The minimum Gasteiger partial charge on any atom is -0.497 e. The summed E-state index contributed by atoms with van der Waals surface area (Å²) in [6, 6.07) is 4.74. The topological polar surface area (TPSA) is 58.1 Å². The minimum atomic E-state index is -2.88. The summed E-state index contributed by atoms with van der Waals surface area (Å²) in [5.41, 5.74) is 0.543. The van der Waals surface area contributed by atoms with Crippen LogP contribution < -0.4 is 20.1 Å². The van der Waals surface area contributed by atoms with Gasteiger partial charge in [0.1, 0.15) is 11.5 Å². The van der Waals surface area contributed by atoms with Gasteiger partial charge in [-0.1, -0.05) is 6.92 Å². The van der Waals surface area contributed by atoms with Crippen molar-refractivity contribution in [2.75, 3.05) is 39.8 Å². The van der Waals surface area contributed by atoms with Crippen molar-refractivity contribution in [3.8, 4) is 11.5 Å². The third kappa shape index (κ3) is 7.50. The highest BCUT2D eigenvalue weighted by molar-refractivity contribution is 5.79. The van der Waals surface area contributed by atoms with E-state index in [-0.39, 0.29) is 12.3 Å². The van der Waals surface area contributed by atoms with Gasteiger partial charge in [0.15, 0.2) is 5.96 Å². The van der Waals surface area contributed by atoms with E-state index in [1.165, 1.54) is 39.1 Å². The number of guanidine groups is 1. The largest absolute Gasteiger partial charge is 0.497 e. The van der Waals surface area contributed by atoms with Crippen molar-refractivity contribution in [1.82, 2.24) is 15.5 Å². The van der Waals surface area contributed by atoms with Crippen LogP contribution in [0.25, 0.3) is 0 Å². The Kier molecular flexibility index (Phi) is 9.27. The quantitative estimate of drug-likeness (QED) is 0.469. The number of hydrogen-bond donors (Lipinski definition) is 2. The van der Waals surface area contributed by atoms with Crippen molar-refractivity contribution in [2.45, 2.75) is 39.8 Å². The fraction of sp³-hybridized carbons (Fsp3) is 0.650. The van der Waals surface area contributed by atoms with Crippen molar-refractivity contribution < 1.29 is 18.3 Å². The first-order valence-corrected chi connectivity index (χ1v) is 9.88. The fourth-order valence-electron chi connectivity index (χ4n) is 3.26. The number of alkyl halides is 2. The number of aliphatic imine (C=N–C) groups is 1. The summed E-state index contributed by atoms with van der Waals surface area (Å²) < 4.78 is 35.1. The van der Waals surface area contributed by atoms with Crippen molar-refractivity contribution >= 4 is 5.96 Å². The zero-order valence-electron chi connectivity index (χ0n) is 17.0. The molecule has 0 bridgehead atoms. The van der Waals surface area contributed by atoms with E-state index in [4.69, 9.17) is 4.74 Å². The van der Waals surface area contributed by atoms with Crippen molar-refractivity contribution in [1.29, 1.82) is 0 Å². The summed E-state index contributed by atoms with van der Waals surface area (Å²) in [6.07, 6.45) is 2.57. The molecule has 0 radical (unpaired) electrons. The van der Waals surface area contributed by atoms with Gasteiger partial charge in [-0.2, -0.15) is 8.78 Å². The number of likely N-dealkylation sites (tertiary alicyclic amines) is 1. The molecule has 2 rings (SSSR count). The summed E-state index contributed by atoms with van der Waals surface area (Å²) in [4.78, 5) is 7.02. The maximum Gasteiger partial charge on any atom is 0.387 e. The Morgan fingerprint density at radius 1 is 1.25 bits per heavy atom. The maximum atomic E-state index is 12.7. The highest BCUT2D eigenvalue weighted by Crippen LogP contribution is 2.26. The molecule has 2 N–H and O–H groups in total.